The van der Waals surface area contributed by atoms with E-state index in [2.05, 4.69) is 94.6 Å². The molecule has 0 fully saturated rings. The number of fused-ring (bicyclic) bond motifs is 1. The first-order chi connectivity index (χ1) is 13.4. The van der Waals surface area contributed by atoms with Crippen LogP contribution in [0.3, 0.4) is 0 Å². The van der Waals surface area contributed by atoms with E-state index in [0.717, 1.165) is 13.1 Å². The molecule has 4 aromatic rings. The van der Waals surface area contributed by atoms with Gasteiger partial charge in [0.15, 0.2) is 0 Å². The first kappa shape index (κ1) is 17.8. The average Bonchev–Trinajstić information content (AvgIpc) is 3.08. The summed E-state index contributed by atoms with van der Waals surface area (Å²) < 4.78 is 3.84. The van der Waals surface area contributed by atoms with Gasteiger partial charge in [0.1, 0.15) is 0 Å². The number of aliphatic imine (C=N–C) groups is 1. The summed E-state index contributed by atoms with van der Waals surface area (Å²) in [5, 5.41) is 2.47. The number of aryl methyl sites for hydroxylation is 1. The van der Waals surface area contributed by atoms with Crippen molar-refractivity contribution < 1.29 is 0 Å². The average molecular weight is 417 g/mol. The summed E-state index contributed by atoms with van der Waals surface area (Å²) >= 11 is 0.508. The van der Waals surface area contributed by atoms with Crippen LogP contribution in [0.2, 0.25) is 5.32 Å². The number of benzene rings is 3. The monoisotopic (exact) mass is 418 g/mol. The molecule has 3 aromatic carbocycles. The molecule has 0 saturated heterocycles. The fraction of sp³-hybridized carbons (Fsp3) is 0.125. The third-order valence-corrected chi connectivity index (χ3v) is 6.59. The Bertz CT molecular complexity index is 1020. The molecule has 0 saturated carbocycles. The summed E-state index contributed by atoms with van der Waals surface area (Å²) in [5.74, 6) is 0. The predicted octanol–water partition coefficient (Wildman–Crippen LogP) is 4.71. The molecule has 0 radical (unpaired) electrons. The Morgan fingerprint density at radius 3 is 2.33 bits per heavy atom. The van der Waals surface area contributed by atoms with Crippen molar-refractivity contribution in [1.82, 2.24) is 4.57 Å². The Morgan fingerprint density at radius 2 is 1.52 bits per heavy atom. The van der Waals surface area contributed by atoms with E-state index in [-0.39, 0.29) is 0 Å². The zero-order valence-corrected chi connectivity index (χ0v) is 16.9. The molecule has 0 N–H and O–H groups in total. The van der Waals surface area contributed by atoms with Gasteiger partial charge in [0.05, 0.1) is 0 Å². The van der Waals surface area contributed by atoms with E-state index in [1.807, 2.05) is 12.3 Å². The summed E-state index contributed by atoms with van der Waals surface area (Å²) in [6, 6.07) is 29.8. The fourth-order valence-corrected chi connectivity index (χ4v) is 5.01. The molecule has 27 heavy (non-hydrogen) atoms. The number of para-hydroxylation sites is 1. The minimum atomic E-state index is 0.508. The summed E-state index contributed by atoms with van der Waals surface area (Å²) in [6.07, 6.45) is 4.27. The Morgan fingerprint density at radius 1 is 0.815 bits per heavy atom. The van der Waals surface area contributed by atoms with E-state index in [4.69, 9.17) is 0 Å². The molecule has 2 nitrogen and oxygen atoms in total. The van der Waals surface area contributed by atoms with Crippen molar-refractivity contribution in [2.45, 2.75) is 18.4 Å². The predicted molar refractivity (Wildman–Crippen MR) is 116 cm³/mol. The van der Waals surface area contributed by atoms with E-state index >= 15 is 0 Å². The number of rotatable bonds is 7. The van der Waals surface area contributed by atoms with Crippen LogP contribution >= 0.6 is 0 Å². The van der Waals surface area contributed by atoms with Gasteiger partial charge in [-0.2, -0.15) is 0 Å². The van der Waals surface area contributed by atoms with Gasteiger partial charge < -0.3 is 0 Å². The second kappa shape index (κ2) is 8.85. The van der Waals surface area contributed by atoms with Gasteiger partial charge in [-0.05, 0) is 0 Å². The van der Waals surface area contributed by atoms with Crippen molar-refractivity contribution in [3.63, 3.8) is 0 Å². The molecule has 1 heterocycles. The van der Waals surface area contributed by atoms with Crippen LogP contribution < -0.4 is 4.46 Å². The van der Waals surface area contributed by atoms with Gasteiger partial charge in [0.2, 0.25) is 0 Å². The van der Waals surface area contributed by atoms with Gasteiger partial charge in [-0.15, -0.1) is 0 Å². The fourth-order valence-electron chi connectivity index (χ4n) is 3.17. The van der Waals surface area contributed by atoms with E-state index in [1.54, 1.807) is 0 Å². The molecule has 0 atom stereocenters. The first-order valence-electron chi connectivity index (χ1n) is 9.19. The molecule has 1 aromatic heterocycles. The Labute approximate surface area is 166 Å². The van der Waals surface area contributed by atoms with Gasteiger partial charge in [0, 0.05) is 0 Å². The SMILES string of the molecule is C(=NCc1ccccc1)c1cn(CC[Se]c2ccccc2)c2ccccc12. The number of nitrogens with zero attached hydrogens (tertiary/aromatic N) is 2. The summed E-state index contributed by atoms with van der Waals surface area (Å²) in [4.78, 5) is 4.67. The van der Waals surface area contributed by atoms with E-state index in [1.165, 1.54) is 31.8 Å². The molecule has 0 bridgehead atoms. The topological polar surface area (TPSA) is 17.3 Å². The van der Waals surface area contributed by atoms with Gasteiger partial charge >= 0.3 is 167 Å². The standard InChI is InChI=1S/C24H22N2Se/c1-3-9-20(10-4-1)17-25-18-21-19-26(24-14-8-7-13-23(21)24)15-16-27-22-11-5-2-6-12-22/h1-14,18-19H,15-17H2. The van der Waals surface area contributed by atoms with Crippen LogP contribution in [-0.2, 0) is 13.1 Å². The molecule has 0 amide bonds. The van der Waals surface area contributed by atoms with E-state index in [0.29, 0.717) is 15.0 Å². The van der Waals surface area contributed by atoms with E-state index in [9.17, 15) is 0 Å². The molecule has 0 aliphatic rings. The molecule has 3 heteroatoms. The van der Waals surface area contributed by atoms with Gasteiger partial charge in [-0.25, -0.2) is 0 Å². The van der Waals surface area contributed by atoms with Gasteiger partial charge in [0.25, 0.3) is 0 Å². The second-order valence-electron chi connectivity index (χ2n) is 6.41. The van der Waals surface area contributed by atoms with Crippen molar-refractivity contribution in [3.8, 4) is 0 Å². The molecule has 0 spiro atoms. The van der Waals surface area contributed by atoms with Crippen molar-refractivity contribution >= 4 is 36.5 Å². The second-order valence-corrected chi connectivity index (χ2v) is 8.86. The van der Waals surface area contributed by atoms with Crippen LogP contribution in [0, 0.1) is 0 Å². The normalized spacial score (nSPS) is 11.4. The van der Waals surface area contributed by atoms with Crippen LogP contribution in [0.4, 0.5) is 0 Å². The molecule has 4 rings (SSSR count). The number of hydrogen-bond acceptors (Lipinski definition) is 1. The van der Waals surface area contributed by atoms with Crippen LogP contribution in [-0.4, -0.2) is 25.7 Å². The summed E-state index contributed by atoms with van der Waals surface area (Å²) in [5.41, 5.74) is 3.74. The number of aromatic nitrogens is 1. The maximum atomic E-state index is 4.67. The first-order valence-corrected chi connectivity index (χ1v) is 11.3. The summed E-state index contributed by atoms with van der Waals surface area (Å²) in [6.45, 7) is 1.76. The Balaban J connectivity index is 1.48. The molecule has 0 unspecified atom stereocenters. The molecule has 134 valence electrons. The van der Waals surface area contributed by atoms with Gasteiger partial charge in [-0.1, -0.05) is 0 Å². The Kier molecular flexibility index (Phi) is 5.83. The van der Waals surface area contributed by atoms with Crippen LogP contribution in [0.15, 0.2) is 96.1 Å². The van der Waals surface area contributed by atoms with Crippen molar-refractivity contribution in [3.05, 3.63) is 102 Å². The van der Waals surface area contributed by atoms with Crippen LogP contribution in [0.25, 0.3) is 10.9 Å². The van der Waals surface area contributed by atoms with Gasteiger partial charge in [-0.3, -0.25) is 0 Å². The van der Waals surface area contributed by atoms with Crippen LogP contribution in [0.1, 0.15) is 11.1 Å². The van der Waals surface area contributed by atoms with Crippen molar-refractivity contribution in [1.29, 1.82) is 0 Å². The maximum absolute atomic E-state index is 4.67. The minimum absolute atomic E-state index is 0.508. The quantitative estimate of drug-likeness (QED) is 0.306. The molecule has 0 aliphatic carbocycles. The van der Waals surface area contributed by atoms with Crippen molar-refractivity contribution in [2.24, 2.45) is 4.99 Å². The third-order valence-electron chi connectivity index (χ3n) is 4.51. The zero-order valence-electron chi connectivity index (χ0n) is 15.2. The zero-order chi connectivity index (χ0) is 18.3. The molecular formula is C24H22N2Se. The molecule has 0 aliphatic heterocycles. The third kappa shape index (κ3) is 4.57. The summed E-state index contributed by atoms with van der Waals surface area (Å²) in [7, 11) is 0. The number of hydrogen-bond donors (Lipinski definition) is 0. The molecular weight excluding hydrogens is 395 g/mol. The Hall–Kier alpha value is -2.61. The van der Waals surface area contributed by atoms with Crippen molar-refractivity contribution in [2.75, 3.05) is 0 Å². The van der Waals surface area contributed by atoms with E-state index < -0.39 is 0 Å². The van der Waals surface area contributed by atoms with Crippen LogP contribution in [0.5, 0.6) is 0 Å².